The Bertz CT molecular complexity index is 202. The Labute approximate surface area is 105 Å². The van der Waals surface area contributed by atoms with E-state index in [2.05, 4.69) is 17.1 Å². The van der Waals surface area contributed by atoms with Gasteiger partial charge in [-0.15, -0.1) is 0 Å². The van der Waals surface area contributed by atoms with Crippen molar-refractivity contribution in [3.8, 4) is 0 Å². The first-order valence-electron chi connectivity index (χ1n) is 7.08. The Kier molecular flexibility index (Phi) is 5.71. The predicted octanol–water partition coefficient (Wildman–Crippen LogP) is 1.21. The summed E-state index contributed by atoms with van der Waals surface area (Å²) < 4.78 is 11.4. The predicted molar refractivity (Wildman–Crippen MR) is 68.1 cm³/mol. The zero-order valence-corrected chi connectivity index (χ0v) is 11.0. The molecule has 0 aromatic heterocycles. The molecule has 0 aliphatic carbocycles. The van der Waals surface area contributed by atoms with Crippen molar-refractivity contribution in [2.45, 2.75) is 44.9 Å². The van der Waals surface area contributed by atoms with Crippen molar-refractivity contribution in [2.24, 2.45) is 0 Å². The third-order valence-corrected chi connectivity index (χ3v) is 3.78. The SMILES string of the molecule is CCN(CCOC1CCCCO1)C1CCNC1. The van der Waals surface area contributed by atoms with Crippen LogP contribution in [0.5, 0.6) is 0 Å². The molecule has 2 atom stereocenters. The number of rotatable bonds is 6. The van der Waals surface area contributed by atoms with Crippen molar-refractivity contribution < 1.29 is 9.47 Å². The fourth-order valence-corrected chi connectivity index (χ4v) is 2.69. The van der Waals surface area contributed by atoms with Crippen LogP contribution in [0.4, 0.5) is 0 Å². The third-order valence-electron chi connectivity index (χ3n) is 3.78. The summed E-state index contributed by atoms with van der Waals surface area (Å²) in [6, 6.07) is 0.705. The molecule has 0 spiro atoms. The quantitative estimate of drug-likeness (QED) is 0.759. The smallest absolute Gasteiger partial charge is 0.157 e. The second-order valence-electron chi connectivity index (χ2n) is 4.94. The summed E-state index contributed by atoms with van der Waals surface area (Å²) in [7, 11) is 0. The maximum atomic E-state index is 5.79. The van der Waals surface area contributed by atoms with E-state index in [9.17, 15) is 0 Å². The highest BCUT2D eigenvalue weighted by molar-refractivity contribution is 4.79. The van der Waals surface area contributed by atoms with E-state index in [-0.39, 0.29) is 6.29 Å². The van der Waals surface area contributed by atoms with Crippen LogP contribution >= 0.6 is 0 Å². The number of hydrogen-bond acceptors (Lipinski definition) is 4. The Morgan fingerprint density at radius 2 is 2.29 bits per heavy atom. The number of ether oxygens (including phenoxy) is 2. The van der Waals surface area contributed by atoms with Crippen LogP contribution in [-0.2, 0) is 9.47 Å². The van der Waals surface area contributed by atoms with E-state index in [0.717, 1.165) is 45.8 Å². The van der Waals surface area contributed by atoms with Crippen molar-refractivity contribution in [2.75, 3.05) is 39.4 Å². The zero-order chi connectivity index (χ0) is 11.9. The normalized spacial score (nSPS) is 30.0. The first-order valence-corrected chi connectivity index (χ1v) is 7.08. The maximum absolute atomic E-state index is 5.79. The van der Waals surface area contributed by atoms with Crippen molar-refractivity contribution in [1.82, 2.24) is 10.2 Å². The summed E-state index contributed by atoms with van der Waals surface area (Å²) in [5, 5.41) is 3.42. The van der Waals surface area contributed by atoms with Gasteiger partial charge in [-0.3, -0.25) is 4.90 Å². The van der Waals surface area contributed by atoms with Crippen LogP contribution in [0.25, 0.3) is 0 Å². The summed E-state index contributed by atoms with van der Waals surface area (Å²) in [5.74, 6) is 0. The molecule has 0 aromatic rings. The summed E-state index contributed by atoms with van der Waals surface area (Å²) in [6.45, 7) is 8.34. The molecule has 17 heavy (non-hydrogen) atoms. The molecule has 2 saturated heterocycles. The minimum atomic E-state index is 0.0594. The van der Waals surface area contributed by atoms with Crippen LogP contribution in [0.15, 0.2) is 0 Å². The summed E-state index contributed by atoms with van der Waals surface area (Å²) in [6.07, 6.45) is 4.83. The van der Waals surface area contributed by atoms with Crippen molar-refractivity contribution >= 4 is 0 Å². The molecule has 1 N–H and O–H groups in total. The number of hydrogen-bond donors (Lipinski definition) is 1. The van der Waals surface area contributed by atoms with E-state index in [1.54, 1.807) is 0 Å². The molecule has 2 aliphatic heterocycles. The standard InChI is InChI=1S/C13H26N2O2/c1-2-15(12-6-7-14-11-12)8-10-17-13-5-3-4-9-16-13/h12-14H,2-11H2,1H3. The van der Waals surface area contributed by atoms with Gasteiger partial charge in [0.05, 0.1) is 6.61 Å². The molecule has 4 nitrogen and oxygen atoms in total. The molecule has 2 unspecified atom stereocenters. The van der Waals surface area contributed by atoms with Crippen LogP contribution in [0.1, 0.15) is 32.6 Å². The molecule has 0 radical (unpaired) electrons. The highest BCUT2D eigenvalue weighted by atomic mass is 16.7. The van der Waals surface area contributed by atoms with Crippen LogP contribution in [-0.4, -0.2) is 56.6 Å². The Morgan fingerprint density at radius 3 is 2.94 bits per heavy atom. The average molecular weight is 242 g/mol. The molecule has 2 aliphatic rings. The average Bonchev–Trinajstić information content (AvgIpc) is 2.90. The highest BCUT2D eigenvalue weighted by Crippen LogP contribution is 2.14. The van der Waals surface area contributed by atoms with Crippen LogP contribution in [0.3, 0.4) is 0 Å². The zero-order valence-electron chi connectivity index (χ0n) is 11.0. The lowest BCUT2D eigenvalue weighted by Crippen LogP contribution is -2.39. The fourth-order valence-electron chi connectivity index (χ4n) is 2.69. The Morgan fingerprint density at radius 1 is 1.35 bits per heavy atom. The molecule has 2 fully saturated rings. The minimum Gasteiger partial charge on any atom is -0.353 e. The van der Waals surface area contributed by atoms with Crippen molar-refractivity contribution in [3.05, 3.63) is 0 Å². The number of nitrogens with zero attached hydrogens (tertiary/aromatic N) is 1. The molecule has 2 heterocycles. The topological polar surface area (TPSA) is 33.7 Å². The molecular formula is C13H26N2O2. The lowest BCUT2D eigenvalue weighted by Gasteiger charge is -2.28. The van der Waals surface area contributed by atoms with Crippen LogP contribution in [0, 0.1) is 0 Å². The Hall–Kier alpha value is -0.160. The molecule has 0 aromatic carbocycles. The van der Waals surface area contributed by atoms with E-state index in [4.69, 9.17) is 9.47 Å². The van der Waals surface area contributed by atoms with Crippen molar-refractivity contribution in [3.63, 3.8) is 0 Å². The van der Waals surface area contributed by atoms with Gasteiger partial charge in [-0.25, -0.2) is 0 Å². The summed E-state index contributed by atoms with van der Waals surface area (Å²) in [5.41, 5.74) is 0. The second kappa shape index (κ2) is 7.31. The van der Waals surface area contributed by atoms with Gasteiger partial charge >= 0.3 is 0 Å². The van der Waals surface area contributed by atoms with Crippen LogP contribution in [0.2, 0.25) is 0 Å². The van der Waals surface area contributed by atoms with E-state index >= 15 is 0 Å². The van der Waals surface area contributed by atoms with Gasteiger partial charge in [0, 0.05) is 25.7 Å². The van der Waals surface area contributed by atoms with Crippen LogP contribution < -0.4 is 5.32 Å². The molecule has 0 amide bonds. The summed E-state index contributed by atoms with van der Waals surface area (Å²) >= 11 is 0. The van der Waals surface area contributed by atoms with E-state index < -0.39 is 0 Å². The van der Waals surface area contributed by atoms with Gasteiger partial charge in [0.15, 0.2) is 6.29 Å². The van der Waals surface area contributed by atoms with E-state index in [0.29, 0.717) is 6.04 Å². The van der Waals surface area contributed by atoms with E-state index in [1.165, 1.54) is 19.3 Å². The van der Waals surface area contributed by atoms with Gasteiger partial charge in [0.1, 0.15) is 0 Å². The first kappa shape index (κ1) is 13.3. The molecular weight excluding hydrogens is 216 g/mol. The monoisotopic (exact) mass is 242 g/mol. The van der Waals surface area contributed by atoms with Gasteiger partial charge in [-0.2, -0.15) is 0 Å². The number of likely N-dealkylation sites (N-methyl/N-ethyl adjacent to an activating group) is 1. The van der Waals surface area contributed by atoms with E-state index in [1.807, 2.05) is 0 Å². The van der Waals surface area contributed by atoms with Gasteiger partial charge in [0.2, 0.25) is 0 Å². The molecule has 0 saturated carbocycles. The largest absolute Gasteiger partial charge is 0.353 e. The highest BCUT2D eigenvalue weighted by Gasteiger charge is 2.21. The lowest BCUT2D eigenvalue weighted by molar-refractivity contribution is -0.164. The fraction of sp³-hybridized carbons (Fsp3) is 1.00. The molecule has 2 rings (SSSR count). The van der Waals surface area contributed by atoms with Gasteiger partial charge in [-0.05, 0) is 38.8 Å². The number of nitrogens with one attached hydrogen (secondary N) is 1. The van der Waals surface area contributed by atoms with Crippen molar-refractivity contribution in [1.29, 1.82) is 0 Å². The minimum absolute atomic E-state index is 0.0594. The van der Waals surface area contributed by atoms with Gasteiger partial charge in [-0.1, -0.05) is 6.92 Å². The molecule has 4 heteroatoms. The lowest BCUT2D eigenvalue weighted by atomic mass is 10.2. The van der Waals surface area contributed by atoms with Gasteiger partial charge in [0.25, 0.3) is 0 Å². The Balaban J connectivity index is 1.61. The second-order valence-corrected chi connectivity index (χ2v) is 4.94. The molecule has 100 valence electrons. The first-order chi connectivity index (χ1) is 8.40. The van der Waals surface area contributed by atoms with Gasteiger partial charge < -0.3 is 14.8 Å². The third kappa shape index (κ3) is 4.21. The molecule has 0 bridgehead atoms. The maximum Gasteiger partial charge on any atom is 0.157 e. The summed E-state index contributed by atoms with van der Waals surface area (Å²) in [4.78, 5) is 2.52.